The predicted octanol–water partition coefficient (Wildman–Crippen LogP) is 5.47. The first-order valence-electron chi connectivity index (χ1n) is 19.1. The van der Waals surface area contributed by atoms with E-state index in [-0.39, 0.29) is 36.4 Å². The molecule has 1 aliphatic carbocycles. The van der Waals surface area contributed by atoms with E-state index in [2.05, 4.69) is 14.9 Å². The van der Waals surface area contributed by atoms with E-state index >= 15 is 4.39 Å². The third kappa shape index (κ3) is 6.36. The largest absolute Gasteiger partial charge is 0.465 e. The monoisotopic (exact) mass is 748 g/mol. The van der Waals surface area contributed by atoms with E-state index in [4.69, 9.17) is 19.4 Å². The van der Waals surface area contributed by atoms with Crippen LogP contribution in [-0.4, -0.2) is 104 Å². The molecule has 3 atom stereocenters. The standard InChI is InChI=1S/C39H50F2N8O5/c1-37(2,3)49(36(51)52)32-17-28-24(15-29(32)41)9-6-11-39(28)19-31-27(22-54-39)33(43-35(42-31)53-23-38-10-7-13-47(38)20-25(40)18-38)46-12-8-14-48-26(21-46)16-30(44-48)34(50)45(4)5/h15-17,25H,6-14,18-23H2,1-5H3,(H,51,52)/t25-,38+,39?/m1/s1. The van der Waals surface area contributed by atoms with E-state index in [0.717, 1.165) is 65.2 Å². The van der Waals surface area contributed by atoms with Crippen molar-refractivity contribution in [2.75, 3.05) is 50.1 Å². The number of ether oxygens (including phenoxy) is 2. The average molecular weight is 749 g/mol. The summed E-state index contributed by atoms with van der Waals surface area (Å²) in [4.78, 5) is 42.3. The maximum Gasteiger partial charge on any atom is 0.412 e. The summed E-state index contributed by atoms with van der Waals surface area (Å²) in [5.41, 5.74) is 2.25. The Labute approximate surface area is 314 Å². The lowest BCUT2D eigenvalue weighted by molar-refractivity contribution is -0.0856. The van der Waals surface area contributed by atoms with Crippen LogP contribution in [0.2, 0.25) is 0 Å². The number of aromatic nitrogens is 4. The topological polar surface area (TPSA) is 129 Å². The van der Waals surface area contributed by atoms with Gasteiger partial charge in [0.25, 0.3) is 5.91 Å². The molecule has 290 valence electrons. The highest BCUT2D eigenvalue weighted by molar-refractivity contribution is 5.92. The number of carboxylic acid groups (broad SMARTS) is 1. The van der Waals surface area contributed by atoms with Gasteiger partial charge in [0.15, 0.2) is 5.69 Å². The number of hydrogen-bond donors (Lipinski definition) is 1. The smallest absolute Gasteiger partial charge is 0.412 e. The summed E-state index contributed by atoms with van der Waals surface area (Å²) in [6.45, 7) is 8.69. The summed E-state index contributed by atoms with van der Waals surface area (Å²) in [6, 6.07) is 5.18. The minimum Gasteiger partial charge on any atom is -0.465 e. The number of nitrogens with zero attached hydrogens (tertiary/aromatic N) is 8. The number of halogens is 2. The zero-order valence-electron chi connectivity index (χ0n) is 31.8. The van der Waals surface area contributed by atoms with Gasteiger partial charge in [0, 0.05) is 57.7 Å². The van der Waals surface area contributed by atoms with Crippen molar-refractivity contribution in [2.45, 2.75) is 115 Å². The molecule has 0 radical (unpaired) electrons. The lowest BCUT2D eigenvalue weighted by Gasteiger charge is -2.44. The van der Waals surface area contributed by atoms with Crippen LogP contribution in [0.5, 0.6) is 6.01 Å². The summed E-state index contributed by atoms with van der Waals surface area (Å²) in [6.07, 6.45) is 3.29. The van der Waals surface area contributed by atoms with Gasteiger partial charge in [-0.1, -0.05) is 0 Å². The van der Waals surface area contributed by atoms with Gasteiger partial charge in [0.1, 0.15) is 24.4 Å². The zero-order chi connectivity index (χ0) is 38.2. The molecule has 0 saturated carbocycles. The van der Waals surface area contributed by atoms with Crippen LogP contribution in [-0.2, 0) is 42.9 Å². The first kappa shape index (κ1) is 36.6. The molecule has 1 unspecified atom stereocenters. The van der Waals surface area contributed by atoms with Crippen LogP contribution in [0.4, 0.5) is 25.1 Å². The van der Waals surface area contributed by atoms with Gasteiger partial charge in [-0.15, -0.1) is 0 Å². The van der Waals surface area contributed by atoms with Crippen LogP contribution in [0.15, 0.2) is 18.2 Å². The molecule has 0 bridgehead atoms. The molecule has 4 aliphatic heterocycles. The van der Waals surface area contributed by atoms with Gasteiger partial charge in [-0.25, -0.2) is 13.6 Å². The second-order valence-electron chi connectivity index (χ2n) is 16.9. The molecule has 2 saturated heterocycles. The fourth-order valence-electron chi connectivity index (χ4n) is 9.46. The Bertz CT molecular complexity index is 1980. The van der Waals surface area contributed by atoms with Crippen LogP contribution in [0.25, 0.3) is 0 Å². The maximum absolute atomic E-state index is 15.7. The van der Waals surface area contributed by atoms with E-state index in [1.165, 1.54) is 11.0 Å². The van der Waals surface area contributed by atoms with E-state index in [0.29, 0.717) is 63.4 Å². The fraction of sp³-hybridized carbons (Fsp3) is 0.615. The van der Waals surface area contributed by atoms with Crippen LogP contribution in [0, 0.1) is 5.82 Å². The third-order valence-corrected chi connectivity index (χ3v) is 12.0. The van der Waals surface area contributed by atoms with Crippen LogP contribution >= 0.6 is 0 Å². The quantitative estimate of drug-likeness (QED) is 0.347. The second kappa shape index (κ2) is 13.4. The lowest BCUT2D eigenvalue weighted by atomic mass is 9.74. The Hall–Kier alpha value is -4.37. The first-order chi connectivity index (χ1) is 25.7. The van der Waals surface area contributed by atoms with Crippen LogP contribution in [0.3, 0.4) is 0 Å². The molecular weight excluding hydrogens is 698 g/mol. The van der Waals surface area contributed by atoms with Crippen molar-refractivity contribution in [3.63, 3.8) is 0 Å². The summed E-state index contributed by atoms with van der Waals surface area (Å²) in [5, 5.41) is 14.8. The fourth-order valence-corrected chi connectivity index (χ4v) is 9.46. The van der Waals surface area contributed by atoms with Gasteiger partial charge in [-0.3, -0.25) is 19.3 Å². The van der Waals surface area contributed by atoms with E-state index in [1.807, 2.05) is 10.7 Å². The van der Waals surface area contributed by atoms with Gasteiger partial charge in [-0.2, -0.15) is 15.1 Å². The van der Waals surface area contributed by atoms with Gasteiger partial charge in [0.05, 0.1) is 41.4 Å². The number of carbonyl (C=O) groups is 2. The summed E-state index contributed by atoms with van der Waals surface area (Å²) in [7, 11) is 3.41. The van der Waals surface area contributed by atoms with Crippen molar-refractivity contribution in [3.05, 3.63) is 57.8 Å². The molecule has 5 aliphatic rings. The molecule has 15 heteroatoms. The maximum atomic E-state index is 15.7. The Morgan fingerprint density at radius 2 is 1.91 bits per heavy atom. The molecule has 13 nitrogen and oxygen atoms in total. The van der Waals surface area contributed by atoms with Crippen molar-refractivity contribution < 1.29 is 33.0 Å². The van der Waals surface area contributed by atoms with E-state index in [1.54, 1.807) is 40.9 Å². The first-order valence-corrected chi connectivity index (χ1v) is 19.1. The third-order valence-electron chi connectivity index (χ3n) is 12.0. The molecule has 1 aromatic carbocycles. The number of rotatable bonds is 6. The Morgan fingerprint density at radius 3 is 2.67 bits per heavy atom. The summed E-state index contributed by atoms with van der Waals surface area (Å²) < 4.78 is 45.7. The number of aryl methyl sites for hydroxylation is 2. The minimum atomic E-state index is -1.24. The van der Waals surface area contributed by atoms with Crippen molar-refractivity contribution >= 4 is 23.5 Å². The number of hydrogen-bond acceptors (Lipinski definition) is 9. The SMILES string of the molecule is CN(C)C(=O)c1cc2n(n1)CCCN(c1nc(OC[C@@]34CCCN3C[C@H](F)C4)nc3c1COC1(CCCc4cc(F)c(N(C(=O)O)C(C)(C)C)cc41)C3)C2. The van der Waals surface area contributed by atoms with Gasteiger partial charge in [-0.05, 0) is 95.2 Å². The normalized spacial score (nSPS) is 25.1. The number of anilines is 2. The Kier molecular flexibility index (Phi) is 9.10. The number of alkyl halides is 1. The molecule has 8 rings (SSSR count). The van der Waals surface area contributed by atoms with Gasteiger partial charge in [0.2, 0.25) is 0 Å². The molecule has 1 N–H and O–H groups in total. The number of benzene rings is 1. The molecule has 6 heterocycles. The minimum absolute atomic E-state index is 0.00628. The Balaban J connectivity index is 1.19. The lowest BCUT2D eigenvalue weighted by Crippen LogP contribution is -2.46. The number of carbonyl (C=O) groups excluding carboxylic acids is 1. The highest BCUT2D eigenvalue weighted by atomic mass is 19.1. The highest BCUT2D eigenvalue weighted by Crippen LogP contribution is 2.48. The van der Waals surface area contributed by atoms with Crippen molar-refractivity contribution in [1.82, 2.24) is 29.5 Å². The molecule has 2 fully saturated rings. The average Bonchev–Trinajstić information content (AvgIpc) is 3.73. The molecule has 2 amide bonds. The van der Waals surface area contributed by atoms with E-state index in [9.17, 15) is 19.1 Å². The predicted molar refractivity (Wildman–Crippen MR) is 196 cm³/mol. The molecule has 2 aromatic heterocycles. The molecule has 1 spiro atoms. The summed E-state index contributed by atoms with van der Waals surface area (Å²) in [5.74, 6) is -0.0714. The Morgan fingerprint density at radius 1 is 1.09 bits per heavy atom. The van der Waals surface area contributed by atoms with Gasteiger partial charge < -0.3 is 24.4 Å². The van der Waals surface area contributed by atoms with Crippen LogP contribution < -0.4 is 14.5 Å². The molecule has 3 aromatic rings. The zero-order valence-corrected chi connectivity index (χ0v) is 31.8. The number of amides is 2. The number of fused-ring (bicyclic) bond motifs is 5. The van der Waals surface area contributed by atoms with Crippen molar-refractivity contribution in [2.24, 2.45) is 0 Å². The van der Waals surface area contributed by atoms with Crippen molar-refractivity contribution in [1.29, 1.82) is 0 Å². The van der Waals surface area contributed by atoms with E-state index < -0.39 is 29.2 Å². The summed E-state index contributed by atoms with van der Waals surface area (Å²) >= 11 is 0. The van der Waals surface area contributed by atoms with Crippen molar-refractivity contribution in [3.8, 4) is 6.01 Å². The molecule has 54 heavy (non-hydrogen) atoms. The highest BCUT2D eigenvalue weighted by Gasteiger charge is 2.50. The van der Waals surface area contributed by atoms with Gasteiger partial charge >= 0.3 is 12.1 Å². The van der Waals surface area contributed by atoms with Crippen LogP contribution in [0.1, 0.15) is 97.9 Å². The second-order valence-corrected chi connectivity index (χ2v) is 16.9. The molecular formula is C39H50F2N8O5.